The minimum Gasteiger partial charge on any atom is -0.494 e. The van der Waals surface area contributed by atoms with Gasteiger partial charge in [-0.25, -0.2) is 0 Å². The van der Waals surface area contributed by atoms with Crippen LogP contribution in [0.5, 0.6) is 11.5 Å². The van der Waals surface area contributed by atoms with E-state index in [9.17, 15) is 23.2 Å². The summed E-state index contributed by atoms with van der Waals surface area (Å²) in [6.45, 7) is -1.58. The SMILES string of the molecule is CCOc1ccc(C(=O)NCC(=O)OCC(=O)c2ccc(OC(F)F)cc2)cc1. The van der Waals surface area contributed by atoms with E-state index in [0.717, 1.165) is 0 Å². The Morgan fingerprint density at radius 1 is 0.931 bits per heavy atom. The van der Waals surface area contributed by atoms with E-state index in [1.165, 1.54) is 24.3 Å². The van der Waals surface area contributed by atoms with E-state index in [1.54, 1.807) is 24.3 Å². The number of rotatable bonds is 10. The summed E-state index contributed by atoms with van der Waals surface area (Å²) in [5, 5.41) is 2.39. The number of halogens is 2. The highest BCUT2D eigenvalue weighted by molar-refractivity contribution is 5.99. The summed E-state index contributed by atoms with van der Waals surface area (Å²) < 4.78 is 38.5. The number of ketones is 1. The number of amides is 1. The molecule has 0 radical (unpaired) electrons. The van der Waals surface area contributed by atoms with Crippen LogP contribution in [0.2, 0.25) is 0 Å². The third kappa shape index (κ3) is 7.21. The zero-order valence-electron chi connectivity index (χ0n) is 15.5. The molecule has 0 unspecified atom stereocenters. The van der Waals surface area contributed by atoms with Crippen LogP contribution in [-0.2, 0) is 9.53 Å². The van der Waals surface area contributed by atoms with Gasteiger partial charge >= 0.3 is 12.6 Å². The molecule has 154 valence electrons. The highest BCUT2D eigenvalue weighted by Crippen LogP contribution is 2.15. The molecule has 1 N–H and O–H groups in total. The molecule has 0 spiro atoms. The standard InChI is InChI=1S/C20H19F2NO6/c1-2-27-15-7-5-14(6-8-15)19(26)23-11-18(25)28-12-17(24)13-3-9-16(10-4-13)29-20(21)22/h3-10,20H,2,11-12H2,1H3,(H,23,26). The Kier molecular flexibility index (Phi) is 8.08. The lowest BCUT2D eigenvalue weighted by Crippen LogP contribution is -2.31. The van der Waals surface area contributed by atoms with E-state index >= 15 is 0 Å². The third-order valence-electron chi connectivity index (χ3n) is 3.59. The Balaban J connectivity index is 1.76. The molecule has 0 aliphatic heterocycles. The molecule has 0 heterocycles. The Labute approximate surface area is 165 Å². The van der Waals surface area contributed by atoms with E-state index in [2.05, 4.69) is 10.1 Å². The molecule has 0 bridgehead atoms. The van der Waals surface area contributed by atoms with Gasteiger partial charge in [0.05, 0.1) is 6.61 Å². The number of hydrogen-bond donors (Lipinski definition) is 1. The van der Waals surface area contributed by atoms with E-state index in [4.69, 9.17) is 9.47 Å². The fourth-order valence-corrected chi connectivity index (χ4v) is 2.23. The molecule has 0 aliphatic rings. The molecule has 0 aromatic heterocycles. The summed E-state index contributed by atoms with van der Waals surface area (Å²) in [7, 11) is 0. The van der Waals surface area contributed by atoms with E-state index in [-0.39, 0.29) is 11.3 Å². The van der Waals surface area contributed by atoms with Gasteiger partial charge in [-0.1, -0.05) is 0 Å². The van der Waals surface area contributed by atoms with Crippen LogP contribution in [0.1, 0.15) is 27.6 Å². The lowest BCUT2D eigenvalue weighted by molar-refractivity contribution is -0.141. The molecule has 1 amide bonds. The summed E-state index contributed by atoms with van der Waals surface area (Å²) in [5.74, 6) is -1.28. The van der Waals surface area contributed by atoms with Crippen LogP contribution in [0.4, 0.5) is 8.78 Å². The average molecular weight is 407 g/mol. The number of esters is 1. The van der Waals surface area contributed by atoms with Crippen molar-refractivity contribution in [1.82, 2.24) is 5.32 Å². The number of alkyl halides is 2. The average Bonchev–Trinajstić information content (AvgIpc) is 2.71. The highest BCUT2D eigenvalue weighted by atomic mass is 19.3. The fourth-order valence-electron chi connectivity index (χ4n) is 2.23. The van der Waals surface area contributed by atoms with Crippen molar-refractivity contribution >= 4 is 17.7 Å². The zero-order chi connectivity index (χ0) is 21.2. The van der Waals surface area contributed by atoms with Crippen molar-refractivity contribution in [2.75, 3.05) is 19.8 Å². The zero-order valence-corrected chi connectivity index (χ0v) is 15.5. The maximum atomic E-state index is 12.1. The maximum Gasteiger partial charge on any atom is 0.387 e. The fraction of sp³-hybridized carbons (Fsp3) is 0.250. The van der Waals surface area contributed by atoms with Gasteiger partial charge in [-0.2, -0.15) is 8.78 Å². The van der Waals surface area contributed by atoms with Crippen molar-refractivity contribution in [3.63, 3.8) is 0 Å². The van der Waals surface area contributed by atoms with Gasteiger partial charge < -0.3 is 19.5 Å². The number of nitrogens with one attached hydrogen (secondary N) is 1. The van der Waals surface area contributed by atoms with E-state index < -0.39 is 37.4 Å². The van der Waals surface area contributed by atoms with Crippen LogP contribution in [0.25, 0.3) is 0 Å². The first-order chi connectivity index (χ1) is 13.9. The predicted octanol–water partition coefficient (Wildman–Crippen LogP) is 2.84. The minimum atomic E-state index is -2.96. The smallest absolute Gasteiger partial charge is 0.387 e. The number of Topliss-reactive ketones (excluding diaryl/α,β-unsaturated/α-hetero) is 1. The predicted molar refractivity (Wildman–Crippen MR) is 98.3 cm³/mol. The van der Waals surface area contributed by atoms with Crippen LogP contribution in [0.3, 0.4) is 0 Å². The first kappa shape index (κ1) is 21.8. The van der Waals surface area contributed by atoms with Crippen molar-refractivity contribution in [2.24, 2.45) is 0 Å². The van der Waals surface area contributed by atoms with Crippen molar-refractivity contribution in [3.8, 4) is 11.5 Å². The lowest BCUT2D eigenvalue weighted by atomic mass is 10.1. The second-order valence-corrected chi connectivity index (χ2v) is 5.63. The molecule has 0 aliphatic carbocycles. The molecule has 29 heavy (non-hydrogen) atoms. The maximum absolute atomic E-state index is 12.1. The van der Waals surface area contributed by atoms with Crippen molar-refractivity contribution in [3.05, 3.63) is 59.7 Å². The monoisotopic (exact) mass is 407 g/mol. The van der Waals surface area contributed by atoms with Gasteiger partial charge in [0, 0.05) is 11.1 Å². The summed E-state index contributed by atoms with van der Waals surface area (Å²) in [4.78, 5) is 35.7. The number of benzene rings is 2. The molecule has 0 atom stereocenters. The van der Waals surface area contributed by atoms with Gasteiger partial charge in [-0.15, -0.1) is 0 Å². The molecule has 2 aromatic carbocycles. The second kappa shape index (κ2) is 10.7. The molecule has 0 saturated heterocycles. The summed E-state index contributed by atoms with van der Waals surface area (Å²) in [5.41, 5.74) is 0.501. The Morgan fingerprint density at radius 2 is 1.52 bits per heavy atom. The molecular weight excluding hydrogens is 388 g/mol. The number of carbonyl (C=O) groups excluding carboxylic acids is 3. The topological polar surface area (TPSA) is 90.9 Å². The van der Waals surface area contributed by atoms with E-state index in [0.29, 0.717) is 17.9 Å². The van der Waals surface area contributed by atoms with Crippen LogP contribution >= 0.6 is 0 Å². The summed E-state index contributed by atoms with van der Waals surface area (Å²) in [6.07, 6.45) is 0. The van der Waals surface area contributed by atoms with Crippen molar-refractivity contribution in [1.29, 1.82) is 0 Å². The van der Waals surface area contributed by atoms with Gasteiger partial charge in [0.15, 0.2) is 12.4 Å². The first-order valence-corrected chi connectivity index (χ1v) is 8.63. The molecule has 2 aromatic rings. The summed E-state index contributed by atoms with van der Waals surface area (Å²) >= 11 is 0. The Morgan fingerprint density at radius 3 is 2.10 bits per heavy atom. The Hall–Kier alpha value is -3.49. The van der Waals surface area contributed by atoms with Gasteiger partial charge in [-0.05, 0) is 55.5 Å². The van der Waals surface area contributed by atoms with Gasteiger partial charge in [0.2, 0.25) is 0 Å². The van der Waals surface area contributed by atoms with Gasteiger partial charge in [0.1, 0.15) is 18.0 Å². The highest BCUT2D eigenvalue weighted by Gasteiger charge is 2.13. The van der Waals surface area contributed by atoms with Gasteiger partial charge in [0.25, 0.3) is 5.91 Å². The number of carbonyl (C=O) groups is 3. The van der Waals surface area contributed by atoms with Crippen LogP contribution in [0, 0.1) is 0 Å². The van der Waals surface area contributed by atoms with Gasteiger partial charge in [-0.3, -0.25) is 14.4 Å². The van der Waals surface area contributed by atoms with Crippen molar-refractivity contribution in [2.45, 2.75) is 13.5 Å². The van der Waals surface area contributed by atoms with Crippen LogP contribution < -0.4 is 14.8 Å². The molecule has 9 heteroatoms. The first-order valence-electron chi connectivity index (χ1n) is 8.63. The lowest BCUT2D eigenvalue weighted by Gasteiger charge is -2.08. The second-order valence-electron chi connectivity index (χ2n) is 5.63. The molecule has 7 nitrogen and oxygen atoms in total. The van der Waals surface area contributed by atoms with Crippen LogP contribution in [-0.4, -0.2) is 44.0 Å². The summed E-state index contributed by atoms with van der Waals surface area (Å²) in [6, 6.07) is 11.3. The normalized spacial score (nSPS) is 10.3. The number of ether oxygens (including phenoxy) is 3. The number of hydrogen-bond acceptors (Lipinski definition) is 6. The quantitative estimate of drug-likeness (QED) is 0.481. The molecule has 2 rings (SSSR count). The Bertz CT molecular complexity index is 837. The molecule has 0 fully saturated rings. The third-order valence-corrected chi connectivity index (χ3v) is 3.59. The molecular formula is C20H19F2NO6. The largest absolute Gasteiger partial charge is 0.494 e. The minimum absolute atomic E-state index is 0.0921. The van der Waals surface area contributed by atoms with Crippen LogP contribution in [0.15, 0.2) is 48.5 Å². The molecule has 0 saturated carbocycles. The van der Waals surface area contributed by atoms with E-state index in [1.807, 2.05) is 6.92 Å². The van der Waals surface area contributed by atoms with Crippen molar-refractivity contribution < 1.29 is 37.4 Å².